The summed E-state index contributed by atoms with van der Waals surface area (Å²) in [6, 6.07) is 8.44. The fraction of sp³-hybridized carbons (Fsp3) is 0.680. The first kappa shape index (κ1) is 25.1. The van der Waals surface area contributed by atoms with Crippen molar-refractivity contribution in [1.29, 1.82) is 0 Å². The molecule has 7 fully saturated rings. The summed E-state index contributed by atoms with van der Waals surface area (Å²) in [6.45, 7) is 2.38. The zero-order valence-corrected chi connectivity index (χ0v) is 20.3. The Hall–Kier alpha value is -2.16. The number of aliphatic hydroxyl groups is 4. The van der Waals surface area contributed by atoms with Crippen molar-refractivity contribution in [2.24, 2.45) is 11.3 Å². The molecule has 4 aliphatic heterocycles. The van der Waals surface area contributed by atoms with Crippen LogP contribution in [-0.2, 0) is 33.2 Å². The van der Waals surface area contributed by atoms with Crippen LogP contribution in [-0.4, -0.2) is 99.6 Å². The molecule has 1 aromatic carbocycles. The van der Waals surface area contributed by atoms with Crippen LogP contribution in [0.1, 0.15) is 37.0 Å². The summed E-state index contributed by atoms with van der Waals surface area (Å²) in [5.74, 6) is -3.16. The molecular formula is C25H30O12. The fourth-order valence-electron chi connectivity index (χ4n) is 7.06. The second-order valence-electron chi connectivity index (χ2n) is 10.8. The Morgan fingerprint density at radius 3 is 2.49 bits per heavy atom. The van der Waals surface area contributed by atoms with E-state index < -0.39 is 77.3 Å². The number of hydrogen-bond donors (Lipinski definition) is 4. The molecule has 37 heavy (non-hydrogen) atoms. The van der Waals surface area contributed by atoms with Crippen LogP contribution in [0.2, 0.25) is 0 Å². The molecule has 12 nitrogen and oxygen atoms in total. The molecule has 8 rings (SSSR count). The van der Waals surface area contributed by atoms with Crippen molar-refractivity contribution >= 4 is 11.9 Å². The van der Waals surface area contributed by atoms with Crippen LogP contribution < -0.4 is 0 Å². The fourth-order valence-corrected chi connectivity index (χ4v) is 7.06. The molecule has 6 bridgehead atoms. The van der Waals surface area contributed by atoms with Crippen molar-refractivity contribution in [2.75, 3.05) is 13.2 Å². The highest BCUT2D eigenvalue weighted by molar-refractivity contribution is 5.89. The monoisotopic (exact) mass is 522 g/mol. The van der Waals surface area contributed by atoms with Crippen LogP contribution in [0.4, 0.5) is 0 Å². The summed E-state index contributed by atoms with van der Waals surface area (Å²) >= 11 is 0. The van der Waals surface area contributed by atoms with Gasteiger partial charge in [-0.15, -0.1) is 0 Å². The van der Waals surface area contributed by atoms with Crippen LogP contribution in [0.3, 0.4) is 0 Å². The number of carbonyl (C=O) groups is 2. The second-order valence-corrected chi connectivity index (χ2v) is 10.8. The third-order valence-corrected chi connectivity index (χ3v) is 8.84. The molecule has 0 spiro atoms. The Kier molecular flexibility index (Phi) is 5.55. The standard InChI is InChI=1S/C25H30O12/c1-12(26)32-9-14-16(27)17(28)18(29)20(34-14)35-25-8-15-23(25,11-33-19(30)13-6-4-3-5-7-13)21-36-22(25,2)10-24(15,31)37-21/h3-7,14-18,20-21,27-29,31H,8-11H2,1-2H3/t14-,15-,16-,17+,18-,20+,21-,22+,23+,24-,25+/m1/s1. The highest BCUT2D eigenvalue weighted by atomic mass is 16.8. The molecule has 7 aliphatic rings. The Morgan fingerprint density at radius 2 is 1.78 bits per heavy atom. The van der Waals surface area contributed by atoms with E-state index in [0.717, 1.165) is 0 Å². The lowest BCUT2D eigenvalue weighted by molar-refractivity contribution is -0.424. The molecule has 0 aromatic heterocycles. The summed E-state index contributed by atoms with van der Waals surface area (Å²) in [4.78, 5) is 24.1. The molecule has 11 atom stereocenters. The van der Waals surface area contributed by atoms with E-state index in [-0.39, 0.29) is 26.1 Å². The maximum absolute atomic E-state index is 12.8. The van der Waals surface area contributed by atoms with Crippen LogP contribution in [0.15, 0.2) is 30.3 Å². The maximum atomic E-state index is 12.8. The lowest BCUT2D eigenvalue weighted by atomic mass is 9.41. The summed E-state index contributed by atoms with van der Waals surface area (Å²) < 4.78 is 35.0. The molecule has 4 N–H and O–H groups in total. The molecular weight excluding hydrogens is 492 g/mol. The van der Waals surface area contributed by atoms with Gasteiger partial charge in [0, 0.05) is 19.3 Å². The van der Waals surface area contributed by atoms with Crippen LogP contribution in [0.5, 0.6) is 0 Å². The highest BCUT2D eigenvalue weighted by Crippen LogP contribution is 2.81. The quantitative estimate of drug-likeness (QED) is 0.330. The van der Waals surface area contributed by atoms with Gasteiger partial charge in [-0.3, -0.25) is 4.79 Å². The van der Waals surface area contributed by atoms with Crippen molar-refractivity contribution < 1.29 is 58.4 Å². The zero-order valence-electron chi connectivity index (χ0n) is 20.3. The number of benzene rings is 1. The van der Waals surface area contributed by atoms with Gasteiger partial charge in [0.05, 0.1) is 11.0 Å². The smallest absolute Gasteiger partial charge is 0.338 e. The molecule has 0 amide bonds. The molecule has 4 heterocycles. The van der Waals surface area contributed by atoms with Gasteiger partial charge in [-0.05, 0) is 25.5 Å². The lowest BCUT2D eigenvalue weighted by Gasteiger charge is -2.67. The zero-order chi connectivity index (χ0) is 26.4. The van der Waals surface area contributed by atoms with E-state index in [1.807, 2.05) is 0 Å². The molecule has 3 aliphatic carbocycles. The van der Waals surface area contributed by atoms with Gasteiger partial charge in [0.15, 0.2) is 18.4 Å². The molecule has 4 saturated heterocycles. The molecule has 12 heteroatoms. The van der Waals surface area contributed by atoms with Crippen molar-refractivity contribution in [1.82, 2.24) is 0 Å². The molecule has 202 valence electrons. The van der Waals surface area contributed by atoms with Crippen molar-refractivity contribution in [3.05, 3.63) is 35.9 Å². The predicted octanol–water partition coefficient (Wildman–Crippen LogP) is -0.787. The van der Waals surface area contributed by atoms with Crippen LogP contribution in [0.25, 0.3) is 0 Å². The van der Waals surface area contributed by atoms with E-state index in [2.05, 4.69) is 0 Å². The average molecular weight is 523 g/mol. The first-order chi connectivity index (χ1) is 17.5. The Bertz CT molecular complexity index is 1100. The minimum Gasteiger partial charge on any atom is -0.463 e. The van der Waals surface area contributed by atoms with Gasteiger partial charge < -0.3 is 48.8 Å². The first-order valence-corrected chi connectivity index (χ1v) is 12.3. The van der Waals surface area contributed by atoms with E-state index in [1.165, 1.54) is 6.92 Å². The number of ether oxygens (including phenoxy) is 6. The average Bonchev–Trinajstić information content (AvgIpc) is 3.04. The number of hydrogen-bond acceptors (Lipinski definition) is 12. The Morgan fingerprint density at radius 1 is 1.05 bits per heavy atom. The third-order valence-electron chi connectivity index (χ3n) is 8.84. The summed E-state index contributed by atoms with van der Waals surface area (Å²) in [6.07, 6.45) is -8.09. The third kappa shape index (κ3) is 3.24. The van der Waals surface area contributed by atoms with E-state index in [1.54, 1.807) is 37.3 Å². The summed E-state index contributed by atoms with van der Waals surface area (Å²) in [5, 5.41) is 42.8. The van der Waals surface area contributed by atoms with Gasteiger partial charge in [-0.25, -0.2) is 4.79 Å². The topological polar surface area (TPSA) is 170 Å². The van der Waals surface area contributed by atoms with E-state index in [4.69, 9.17) is 28.4 Å². The Balaban J connectivity index is 1.29. The van der Waals surface area contributed by atoms with E-state index >= 15 is 0 Å². The molecule has 0 radical (unpaired) electrons. The van der Waals surface area contributed by atoms with Crippen molar-refractivity contribution in [2.45, 2.75) is 80.7 Å². The SMILES string of the molecule is CC(=O)OC[C@H]1O[C@@H](O[C@]23C[C@@H]4[C@@]2(COC(=O)c2ccccc2)[C@H]2O[C@]4(O)C[C@]3(C)O2)[C@H](O)[C@@H](O)[C@@H]1O. The first-order valence-electron chi connectivity index (χ1n) is 12.3. The van der Waals surface area contributed by atoms with Gasteiger partial charge in [0.2, 0.25) is 0 Å². The number of esters is 2. The maximum Gasteiger partial charge on any atom is 0.338 e. The van der Waals surface area contributed by atoms with Gasteiger partial charge >= 0.3 is 11.9 Å². The normalized spacial score (nSPS) is 49.0. The van der Waals surface area contributed by atoms with Gasteiger partial charge in [0.25, 0.3) is 0 Å². The summed E-state index contributed by atoms with van der Waals surface area (Å²) in [7, 11) is 0. The van der Waals surface area contributed by atoms with E-state index in [9.17, 15) is 30.0 Å². The van der Waals surface area contributed by atoms with Crippen molar-refractivity contribution in [3.63, 3.8) is 0 Å². The predicted molar refractivity (Wildman–Crippen MR) is 118 cm³/mol. The number of aliphatic hydroxyl groups excluding tert-OH is 3. The van der Waals surface area contributed by atoms with E-state index in [0.29, 0.717) is 5.56 Å². The van der Waals surface area contributed by atoms with Gasteiger partial charge in [0.1, 0.15) is 48.8 Å². The number of rotatable bonds is 7. The lowest BCUT2D eigenvalue weighted by Crippen LogP contribution is -2.80. The minimum absolute atomic E-state index is 0.0699. The van der Waals surface area contributed by atoms with Crippen LogP contribution in [0, 0.1) is 11.3 Å². The van der Waals surface area contributed by atoms with Gasteiger partial charge in [-0.2, -0.15) is 0 Å². The molecule has 3 saturated carbocycles. The highest BCUT2D eigenvalue weighted by Gasteiger charge is 2.94. The van der Waals surface area contributed by atoms with Crippen LogP contribution >= 0.6 is 0 Å². The summed E-state index contributed by atoms with van der Waals surface area (Å²) in [5.41, 5.74) is -3.10. The Labute approximate surface area is 212 Å². The number of carbonyl (C=O) groups excluding carboxylic acids is 2. The van der Waals surface area contributed by atoms with Crippen molar-refractivity contribution in [3.8, 4) is 0 Å². The largest absolute Gasteiger partial charge is 0.463 e. The minimum atomic E-state index is -1.65. The molecule has 0 unspecified atom stereocenters. The second kappa shape index (κ2) is 8.17. The molecule has 1 aromatic rings. The van der Waals surface area contributed by atoms with Gasteiger partial charge in [-0.1, -0.05) is 18.2 Å².